The van der Waals surface area contributed by atoms with Gasteiger partial charge >= 0.3 is 6.03 Å². The molecule has 0 spiro atoms. The molecule has 1 aromatic carbocycles. The molecule has 198 valence electrons. The number of nitrogens with one attached hydrogen (secondary N) is 1. The van der Waals surface area contributed by atoms with Gasteiger partial charge in [-0.1, -0.05) is 70.4 Å². The molecule has 4 amide bonds. The second-order valence-corrected chi connectivity index (χ2v) is 11.1. The lowest BCUT2D eigenvalue weighted by molar-refractivity contribution is -0.192. The molecule has 1 saturated carbocycles. The van der Waals surface area contributed by atoms with Crippen LogP contribution in [0, 0.1) is 11.8 Å². The predicted octanol–water partition coefficient (Wildman–Crippen LogP) is 3.83. The highest BCUT2D eigenvalue weighted by Gasteiger charge is 2.51. The first-order valence-electron chi connectivity index (χ1n) is 13.8. The van der Waals surface area contributed by atoms with Crippen LogP contribution in [0.1, 0.15) is 71.3 Å². The second-order valence-electron chi connectivity index (χ2n) is 11.1. The molecule has 0 bridgehead atoms. The third-order valence-electron chi connectivity index (χ3n) is 7.70. The normalized spacial score (nSPS) is 23.8. The van der Waals surface area contributed by atoms with Gasteiger partial charge in [-0.15, -0.1) is 0 Å². The van der Waals surface area contributed by atoms with Gasteiger partial charge in [-0.2, -0.15) is 0 Å². The van der Waals surface area contributed by atoms with Gasteiger partial charge in [0.25, 0.3) is 0 Å². The third kappa shape index (κ3) is 6.02. The van der Waals surface area contributed by atoms with Crippen LogP contribution in [0.5, 0.6) is 0 Å². The van der Waals surface area contributed by atoms with E-state index in [0.29, 0.717) is 32.0 Å². The molecule has 1 aromatic rings. The minimum Gasteiger partial charge on any atom is -0.337 e. The maximum Gasteiger partial charge on any atom is 0.334 e. The van der Waals surface area contributed by atoms with Gasteiger partial charge in [-0.25, -0.2) is 14.8 Å². The van der Waals surface area contributed by atoms with E-state index in [1.54, 1.807) is 9.91 Å². The summed E-state index contributed by atoms with van der Waals surface area (Å²) in [5.74, 6) is 0.751. The van der Waals surface area contributed by atoms with Crippen molar-refractivity contribution >= 4 is 17.8 Å². The standard InChI is InChI=1S/C28H43N5O3/c1-4-15-31-20-26(34)32-24(16-21(2)3)27(35)30(18-23-13-9-6-10-14-23)19-25(32)33(31)28(36)29-17-22-11-7-5-8-12-22/h5,7-8,11-12,21,23-25H,4,6,9-10,13-20H2,1-3H3,(H,29,36)/t24-,25-/m0/s1. The van der Waals surface area contributed by atoms with Crippen molar-refractivity contribution in [2.75, 3.05) is 26.2 Å². The van der Waals surface area contributed by atoms with Crippen molar-refractivity contribution in [3.63, 3.8) is 0 Å². The van der Waals surface area contributed by atoms with E-state index in [9.17, 15) is 14.4 Å². The number of hydrazine groups is 1. The van der Waals surface area contributed by atoms with Crippen LogP contribution in [0.4, 0.5) is 4.79 Å². The van der Waals surface area contributed by atoms with Crippen molar-refractivity contribution in [3.05, 3.63) is 35.9 Å². The van der Waals surface area contributed by atoms with Crippen molar-refractivity contribution < 1.29 is 14.4 Å². The number of amides is 4. The Balaban J connectivity index is 1.61. The fourth-order valence-corrected chi connectivity index (χ4v) is 6.02. The molecule has 1 aliphatic carbocycles. The smallest absolute Gasteiger partial charge is 0.334 e. The minimum absolute atomic E-state index is 0.0486. The molecule has 0 unspecified atom stereocenters. The largest absolute Gasteiger partial charge is 0.337 e. The molecule has 4 rings (SSSR count). The lowest BCUT2D eigenvalue weighted by Crippen LogP contribution is -2.76. The third-order valence-corrected chi connectivity index (χ3v) is 7.70. The monoisotopic (exact) mass is 497 g/mol. The number of carbonyl (C=O) groups is 3. The van der Waals surface area contributed by atoms with E-state index < -0.39 is 12.2 Å². The zero-order chi connectivity index (χ0) is 25.7. The molecule has 36 heavy (non-hydrogen) atoms. The average Bonchev–Trinajstić information content (AvgIpc) is 2.86. The SMILES string of the molecule is CCCN1CC(=O)N2[C@@H](CC(C)C)C(=O)N(CC3CCCCC3)C[C@@H]2N1C(=O)NCc1ccccc1. The Morgan fingerprint density at radius 2 is 1.81 bits per heavy atom. The summed E-state index contributed by atoms with van der Waals surface area (Å²) in [6.07, 6.45) is 6.94. The van der Waals surface area contributed by atoms with Crippen LogP contribution in [0.2, 0.25) is 0 Å². The van der Waals surface area contributed by atoms with Crippen molar-refractivity contribution in [2.45, 2.75) is 84.5 Å². The molecule has 3 fully saturated rings. The Morgan fingerprint density at radius 1 is 1.08 bits per heavy atom. The molecular formula is C28H43N5O3. The molecule has 2 saturated heterocycles. The summed E-state index contributed by atoms with van der Waals surface area (Å²) < 4.78 is 0. The number of hydrogen-bond donors (Lipinski definition) is 1. The van der Waals surface area contributed by atoms with Crippen molar-refractivity contribution in [2.24, 2.45) is 11.8 Å². The van der Waals surface area contributed by atoms with E-state index in [1.807, 2.05) is 40.2 Å². The highest BCUT2D eigenvalue weighted by Crippen LogP contribution is 2.32. The molecule has 2 heterocycles. The van der Waals surface area contributed by atoms with Crippen molar-refractivity contribution in [3.8, 4) is 0 Å². The molecular weight excluding hydrogens is 454 g/mol. The molecule has 8 heteroatoms. The van der Waals surface area contributed by atoms with Crippen LogP contribution in [0.3, 0.4) is 0 Å². The second kappa shape index (κ2) is 12.1. The van der Waals surface area contributed by atoms with Crippen LogP contribution in [0.25, 0.3) is 0 Å². The highest BCUT2D eigenvalue weighted by molar-refractivity contribution is 5.91. The van der Waals surface area contributed by atoms with E-state index in [2.05, 4.69) is 26.1 Å². The zero-order valence-corrected chi connectivity index (χ0v) is 22.2. The quantitative estimate of drug-likeness (QED) is 0.592. The van der Waals surface area contributed by atoms with E-state index in [1.165, 1.54) is 19.3 Å². The number of carbonyl (C=O) groups excluding carboxylic acids is 3. The summed E-state index contributed by atoms with van der Waals surface area (Å²) in [4.78, 5) is 44.5. The fraction of sp³-hybridized carbons (Fsp3) is 0.679. The van der Waals surface area contributed by atoms with Crippen molar-refractivity contribution in [1.82, 2.24) is 25.1 Å². The molecule has 2 aliphatic heterocycles. The molecule has 3 aliphatic rings. The van der Waals surface area contributed by atoms with Crippen LogP contribution in [-0.4, -0.2) is 76.0 Å². The lowest BCUT2D eigenvalue weighted by Gasteiger charge is -2.55. The van der Waals surface area contributed by atoms with Gasteiger partial charge in [-0.3, -0.25) is 9.59 Å². The molecule has 0 aromatic heterocycles. The topological polar surface area (TPSA) is 76.2 Å². The highest BCUT2D eigenvalue weighted by atomic mass is 16.2. The van der Waals surface area contributed by atoms with Gasteiger partial charge in [0.05, 0.1) is 13.1 Å². The Morgan fingerprint density at radius 3 is 2.47 bits per heavy atom. The van der Waals surface area contributed by atoms with E-state index >= 15 is 0 Å². The van der Waals surface area contributed by atoms with Crippen LogP contribution in [0.15, 0.2) is 30.3 Å². The Kier molecular flexibility index (Phi) is 8.88. The van der Waals surface area contributed by atoms with E-state index in [4.69, 9.17) is 0 Å². The average molecular weight is 498 g/mol. The Bertz CT molecular complexity index is 902. The fourth-order valence-electron chi connectivity index (χ4n) is 6.02. The molecule has 8 nitrogen and oxygen atoms in total. The predicted molar refractivity (Wildman–Crippen MR) is 139 cm³/mol. The van der Waals surface area contributed by atoms with Gasteiger partial charge in [0.2, 0.25) is 11.8 Å². The summed E-state index contributed by atoms with van der Waals surface area (Å²) in [6, 6.07) is 9.10. The van der Waals surface area contributed by atoms with Gasteiger partial charge in [0.15, 0.2) is 0 Å². The summed E-state index contributed by atoms with van der Waals surface area (Å²) in [5, 5.41) is 6.69. The maximum absolute atomic E-state index is 13.7. The molecule has 0 radical (unpaired) electrons. The number of rotatable bonds is 8. The number of hydrogen-bond acceptors (Lipinski definition) is 4. The first kappa shape index (κ1) is 26.5. The van der Waals surface area contributed by atoms with Gasteiger partial charge in [0, 0.05) is 19.6 Å². The van der Waals surface area contributed by atoms with Gasteiger partial charge < -0.3 is 15.1 Å². The lowest BCUT2D eigenvalue weighted by atomic mass is 9.88. The van der Waals surface area contributed by atoms with Crippen LogP contribution >= 0.6 is 0 Å². The number of nitrogens with zero attached hydrogens (tertiary/aromatic N) is 4. The van der Waals surface area contributed by atoms with E-state index in [-0.39, 0.29) is 30.3 Å². The Hall–Kier alpha value is -2.61. The first-order valence-corrected chi connectivity index (χ1v) is 13.8. The molecule has 2 atom stereocenters. The van der Waals surface area contributed by atoms with Gasteiger partial charge in [0.1, 0.15) is 12.2 Å². The van der Waals surface area contributed by atoms with Gasteiger partial charge in [-0.05, 0) is 43.1 Å². The summed E-state index contributed by atoms with van der Waals surface area (Å²) in [6.45, 7) is 8.46. The molecule has 1 N–H and O–H groups in total. The van der Waals surface area contributed by atoms with Crippen molar-refractivity contribution in [1.29, 1.82) is 0 Å². The minimum atomic E-state index is -0.520. The maximum atomic E-state index is 13.7. The number of fused-ring (bicyclic) bond motifs is 1. The number of piperazine rings is 1. The van der Waals surface area contributed by atoms with Crippen LogP contribution in [-0.2, 0) is 16.1 Å². The summed E-state index contributed by atoms with van der Waals surface area (Å²) in [7, 11) is 0. The summed E-state index contributed by atoms with van der Waals surface area (Å²) in [5.41, 5.74) is 1.02. The van der Waals surface area contributed by atoms with Crippen LogP contribution < -0.4 is 5.32 Å². The Labute approximate surface area is 215 Å². The van der Waals surface area contributed by atoms with E-state index in [0.717, 1.165) is 31.4 Å². The number of urea groups is 1. The zero-order valence-electron chi connectivity index (χ0n) is 22.2. The summed E-state index contributed by atoms with van der Waals surface area (Å²) >= 11 is 0. The first-order chi connectivity index (χ1) is 17.4. The number of benzene rings is 1.